The lowest BCUT2D eigenvalue weighted by atomic mass is 9.89. The Morgan fingerprint density at radius 1 is 1.33 bits per heavy atom. The highest BCUT2D eigenvalue weighted by Crippen LogP contribution is 2.36. The first-order chi connectivity index (χ1) is 13.1. The van der Waals surface area contributed by atoms with Gasteiger partial charge in [0.2, 0.25) is 0 Å². The van der Waals surface area contributed by atoms with E-state index in [-0.39, 0.29) is 18.3 Å². The number of carbonyl (C=O) groups excluding carboxylic acids is 1. The average Bonchev–Trinajstić information content (AvgIpc) is 3.13. The van der Waals surface area contributed by atoms with E-state index in [2.05, 4.69) is 5.32 Å². The minimum atomic E-state index is -0.717. The fraction of sp³-hybridized carbons (Fsp3) is 0.750. The van der Waals surface area contributed by atoms with Crippen molar-refractivity contribution in [2.24, 2.45) is 0 Å². The molecule has 3 rings (SSSR count). The first-order valence-corrected chi connectivity index (χ1v) is 9.91. The second-order valence-corrected chi connectivity index (χ2v) is 7.36. The highest BCUT2D eigenvalue weighted by Gasteiger charge is 2.40. The number of halogens is 1. The Hall–Kier alpha value is -1.44. The van der Waals surface area contributed by atoms with E-state index in [1.165, 1.54) is 13.2 Å². The van der Waals surface area contributed by atoms with Gasteiger partial charge in [-0.3, -0.25) is 0 Å². The number of allylic oxidation sites excluding steroid dienone is 1. The van der Waals surface area contributed by atoms with E-state index >= 15 is 0 Å². The summed E-state index contributed by atoms with van der Waals surface area (Å²) in [5.74, 6) is -1.24. The van der Waals surface area contributed by atoms with E-state index < -0.39 is 17.9 Å². The third-order valence-corrected chi connectivity index (χ3v) is 5.47. The third-order valence-electron chi connectivity index (χ3n) is 5.47. The largest absolute Gasteiger partial charge is 0.466 e. The molecule has 1 N–H and O–H groups in total. The zero-order valence-corrected chi connectivity index (χ0v) is 16.2. The summed E-state index contributed by atoms with van der Waals surface area (Å²) in [6.07, 6.45) is 5.95. The third kappa shape index (κ3) is 4.89. The molecule has 1 unspecified atom stereocenters. The number of unbranched alkanes of at least 4 members (excludes halogenated alkanes) is 1. The van der Waals surface area contributed by atoms with Gasteiger partial charge in [-0.15, -0.1) is 0 Å². The molecule has 1 saturated carbocycles. The Bertz CT molecular complexity index is 587. The zero-order chi connectivity index (χ0) is 19.3. The average molecular weight is 383 g/mol. The normalized spacial score (nSPS) is 25.6. The Morgan fingerprint density at radius 3 is 2.67 bits per heavy atom. The second-order valence-electron chi connectivity index (χ2n) is 7.36. The fourth-order valence-corrected chi connectivity index (χ4v) is 3.87. The molecule has 0 radical (unpaired) electrons. The van der Waals surface area contributed by atoms with E-state index in [4.69, 9.17) is 18.9 Å². The molecular formula is C20H30FNO5. The zero-order valence-electron chi connectivity index (χ0n) is 16.2. The first kappa shape index (κ1) is 20.3. The van der Waals surface area contributed by atoms with Crippen LogP contribution in [-0.4, -0.2) is 50.8 Å². The molecule has 0 amide bonds. The molecule has 1 saturated heterocycles. The first-order valence-electron chi connectivity index (χ1n) is 9.91. The molecule has 0 bridgehead atoms. The van der Waals surface area contributed by atoms with Crippen LogP contribution in [0.15, 0.2) is 23.2 Å². The summed E-state index contributed by atoms with van der Waals surface area (Å²) in [4.78, 5) is 12.2. The van der Waals surface area contributed by atoms with Gasteiger partial charge in [0, 0.05) is 37.6 Å². The van der Waals surface area contributed by atoms with Gasteiger partial charge < -0.3 is 24.3 Å². The van der Waals surface area contributed by atoms with Crippen molar-refractivity contribution in [3.8, 4) is 0 Å². The number of methoxy groups -OCH3 is 1. The van der Waals surface area contributed by atoms with E-state index in [9.17, 15) is 9.18 Å². The summed E-state index contributed by atoms with van der Waals surface area (Å²) in [6.45, 7) is 3.81. The van der Waals surface area contributed by atoms with Gasteiger partial charge in [-0.1, -0.05) is 13.3 Å². The number of esters is 1. The van der Waals surface area contributed by atoms with Crippen LogP contribution in [0.3, 0.4) is 0 Å². The maximum atomic E-state index is 14.5. The van der Waals surface area contributed by atoms with Crippen molar-refractivity contribution in [1.82, 2.24) is 5.32 Å². The molecule has 0 aromatic carbocycles. The number of rotatable bonds is 7. The minimum Gasteiger partial charge on any atom is -0.466 e. The summed E-state index contributed by atoms with van der Waals surface area (Å²) >= 11 is 0. The molecule has 6 nitrogen and oxygen atoms in total. The van der Waals surface area contributed by atoms with Crippen LogP contribution in [0.2, 0.25) is 0 Å². The lowest BCUT2D eigenvalue weighted by Crippen LogP contribution is -2.42. The number of hydrogen-bond donors (Lipinski definition) is 1. The van der Waals surface area contributed by atoms with Crippen molar-refractivity contribution >= 4 is 5.97 Å². The maximum Gasteiger partial charge on any atom is 0.335 e. The van der Waals surface area contributed by atoms with Crippen molar-refractivity contribution < 1.29 is 28.1 Å². The van der Waals surface area contributed by atoms with E-state index in [1.807, 2.05) is 6.92 Å². The molecule has 27 heavy (non-hydrogen) atoms. The van der Waals surface area contributed by atoms with Crippen molar-refractivity contribution in [1.29, 1.82) is 0 Å². The van der Waals surface area contributed by atoms with Crippen molar-refractivity contribution in [3.05, 3.63) is 23.2 Å². The predicted octanol–water partition coefficient (Wildman–Crippen LogP) is 3.13. The van der Waals surface area contributed by atoms with Crippen molar-refractivity contribution in [2.45, 2.75) is 69.8 Å². The maximum absolute atomic E-state index is 14.5. The predicted molar refractivity (Wildman–Crippen MR) is 97.5 cm³/mol. The molecule has 3 aliphatic rings. The van der Waals surface area contributed by atoms with Crippen LogP contribution < -0.4 is 5.32 Å². The molecule has 1 aliphatic heterocycles. The summed E-state index contributed by atoms with van der Waals surface area (Å²) < 4.78 is 36.6. The van der Waals surface area contributed by atoms with Gasteiger partial charge in [0.1, 0.15) is 11.9 Å². The van der Waals surface area contributed by atoms with Crippen LogP contribution in [0.1, 0.15) is 51.9 Å². The number of ether oxygens (including phenoxy) is 4. The molecule has 1 spiro atoms. The number of nitrogens with one attached hydrogen (secondary N) is 1. The van der Waals surface area contributed by atoms with Crippen LogP contribution in [-0.2, 0) is 23.7 Å². The van der Waals surface area contributed by atoms with Gasteiger partial charge in [0.05, 0.1) is 25.9 Å². The number of carbonyl (C=O) groups is 1. The van der Waals surface area contributed by atoms with E-state index in [0.717, 1.165) is 38.5 Å². The Labute approximate surface area is 160 Å². The fourth-order valence-electron chi connectivity index (χ4n) is 3.87. The molecule has 1 atom stereocenters. The molecule has 152 valence electrons. The lowest BCUT2D eigenvalue weighted by molar-refractivity contribution is -0.179. The van der Waals surface area contributed by atoms with Gasteiger partial charge >= 0.3 is 5.97 Å². The van der Waals surface area contributed by atoms with Crippen LogP contribution in [0, 0.1) is 0 Å². The Morgan fingerprint density at radius 2 is 2.04 bits per heavy atom. The summed E-state index contributed by atoms with van der Waals surface area (Å²) in [7, 11) is 1.34. The van der Waals surface area contributed by atoms with Crippen molar-refractivity contribution in [2.75, 3.05) is 26.9 Å². The standard InChI is InChI=1S/C20H30FNO5/c1-3-4-9-25-18-12-15(19(23)24-2)17(13-16(18)21)22-14-5-7-20(8-6-14)26-10-11-27-20/h13-14,18,22H,3-12H2,1-2H3. The van der Waals surface area contributed by atoms with Crippen LogP contribution in [0.4, 0.5) is 4.39 Å². The van der Waals surface area contributed by atoms with Gasteiger partial charge in [-0.25, -0.2) is 9.18 Å². The molecule has 1 heterocycles. The smallest absolute Gasteiger partial charge is 0.335 e. The van der Waals surface area contributed by atoms with Gasteiger partial charge in [-0.05, 0) is 25.3 Å². The van der Waals surface area contributed by atoms with Crippen LogP contribution in [0.5, 0.6) is 0 Å². The summed E-state index contributed by atoms with van der Waals surface area (Å²) in [5.41, 5.74) is 0.943. The molecule has 0 aromatic rings. The highest BCUT2D eigenvalue weighted by molar-refractivity contribution is 5.90. The number of hydrogen-bond acceptors (Lipinski definition) is 6. The Balaban J connectivity index is 1.65. The molecular weight excluding hydrogens is 353 g/mol. The Kier molecular flexibility index (Phi) is 6.89. The minimum absolute atomic E-state index is 0.139. The second kappa shape index (κ2) is 9.17. The molecule has 2 fully saturated rings. The van der Waals surface area contributed by atoms with Gasteiger partial charge in [-0.2, -0.15) is 0 Å². The van der Waals surface area contributed by atoms with E-state index in [0.29, 0.717) is 31.1 Å². The molecule has 7 heteroatoms. The van der Waals surface area contributed by atoms with Crippen LogP contribution in [0.25, 0.3) is 0 Å². The van der Waals surface area contributed by atoms with Crippen LogP contribution >= 0.6 is 0 Å². The molecule has 0 aromatic heterocycles. The monoisotopic (exact) mass is 383 g/mol. The van der Waals surface area contributed by atoms with Gasteiger partial charge in [0.25, 0.3) is 0 Å². The van der Waals surface area contributed by atoms with Crippen molar-refractivity contribution in [3.63, 3.8) is 0 Å². The molecule has 2 aliphatic carbocycles. The topological polar surface area (TPSA) is 66.0 Å². The van der Waals surface area contributed by atoms with E-state index in [1.54, 1.807) is 0 Å². The SMILES string of the molecule is CCCCOC1CC(C(=O)OC)=C(NC2CCC3(CC2)OCCO3)C=C1F. The summed E-state index contributed by atoms with van der Waals surface area (Å²) in [6, 6.07) is 0.139. The van der Waals surface area contributed by atoms with Gasteiger partial charge in [0.15, 0.2) is 5.79 Å². The summed E-state index contributed by atoms with van der Waals surface area (Å²) in [5, 5.41) is 3.34. The quantitative estimate of drug-likeness (QED) is 0.538. The highest BCUT2D eigenvalue weighted by atomic mass is 19.1. The lowest BCUT2D eigenvalue weighted by Gasteiger charge is -2.36.